The maximum Gasteiger partial charge on any atom is 0.222 e. The Morgan fingerprint density at radius 1 is 1.08 bits per heavy atom. The molecule has 0 radical (unpaired) electrons. The van der Waals surface area contributed by atoms with Gasteiger partial charge in [-0.3, -0.25) is 4.90 Å². The number of hydrogen-bond donors (Lipinski definition) is 1. The number of aromatic nitrogens is 2. The molecule has 0 spiro atoms. The molecule has 0 aliphatic heterocycles. The third kappa shape index (κ3) is 6.73. The molecule has 2 heterocycles. The summed E-state index contributed by atoms with van der Waals surface area (Å²) in [7, 11) is 1.88. The topological polar surface area (TPSA) is 72.9 Å². The molecule has 0 saturated carbocycles. The van der Waals surface area contributed by atoms with Crippen molar-refractivity contribution in [1.29, 1.82) is 0 Å². The van der Waals surface area contributed by atoms with Crippen molar-refractivity contribution >= 4 is 0 Å². The van der Waals surface area contributed by atoms with Gasteiger partial charge in [0.25, 0.3) is 0 Å². The summed E-state index contributed by atoms with van der Waals surface area (Å²) in [5.41, 5.74) is 3.92. The summed E-state index contributed by atoms with van der Waals surface area (Å²) in [5, 5.41) is 15.5. The third-order valence-electron chi connectivity index (χ3n) is 5.73. The maximum atomic E-state index is 10.7. The number of hydrogen-bond acceptors (Lipinski definition) is 6. The minimum Gasteiger partial charge on any atom is -0.468 e. The number of nitrogens with zero attached hydrogens (tertiary/aromatic N) is 3. The lowest BCUT2D eigenvalue weighted by atomic mass is 10.1. The SMILES string of the molecule is C=CCOCC(O)CN(Cc1ccco1)Cc1c(-c2ccccc2)nn(C)c1Oc1ccc(C)cc1. The Morgan fingerprint density at radius 2 is 1.86 bits per heavy atom. The van der Waals surface area contributed by atoms with Gasteiger partial charge in [-0.05, 0) is 31.2 Å². The first-order valence-corrected chi connectivity index (χ1v) is 12.0. The van der Waals surface area contributed by atoms with Gasteiger partial charge in [0.15, 0.2) is 0 Å². The predicted octanol–water partition coefficient (Wildman–Crippen LogP) is 5.35. The summed E-state index contributed by atoms with van der Waals surface area (Å²) in [6.07, 6.45) is 2.64. The summed E-state index contributed by atoms with van der Waals surface area (Å²) >= 11 is 0. The van der Waals surface area contributed by atoms with Crippen LogP contribution in [-0.4, -0.2) is 45.6 Å². The van der Waals surface area contributed by atoms with E-state index in [4.69, 9.17) is 19.0 Å². The molecule has 4 rings (SSSR count). The molecule has 2 aromatic carbocycles. The van der Waals surface area contributed by atoms with Gasteiger partial charge in [-0.25, -0.2) is 4.68 Å². The van der Waals surface area contributed by atoms with E-state index in [1.165, 1.54) is 0 Å². The van der Waals surface area contributed by atoms with Gasteiger partial charge in [0, 0.05) is 25.7 Å². The summed E-state index contributed by atoms with van der Waals surface area (Å²) in [5.74, 6) is 2.19. The quantitative estimate of drug-likeness (QED) is 0.203. The molecule has 0 fully saturated rings. The number of ether oxygens (including phenoxy) is 2. The van der Waals surface area contributed by atoms with Crippen molar-refractivity contribution in [2.24, 2.45) is 7.05 Å². The second-order valence-electron chi connectivity index (χ2n) is 8.77. The van der Waals surface area contributed by atoms with Crippen LogP contribution in [0.15, 0.2) is 90.1 Å². The molecular weight excluding hydrogens is 454 g/mol. The van der Waals surface area contributed by atoms with Gasteiger partial charge in [0.1, 0.15) is 17.2 Å². The maximum absolute atomic E-state index is 10.7. The van der Waals surface area contributed by atoms with Crippen LogP contribution in [0.2, 0.25) is 0 Å². The van der Waals surface area contributed by atoms with Crippen LogP contribution in [0.4, 0.5) is 0 Å². The van der Waals surface area contributed by atoms with E-state index in [1.807, 2.05) is 80.7 Å². The van der Waals surface area contributed by atoms with Gasteiger partial charge in [-0.2, -0.15) is 5.10 Å². The van der Waals surface area contributed by atoms with Gasteiger partial charge >= 0.3 is 0 Å². The standard InChI is InChI=1S/C29H33N3O4/c1-4-16-34-21-24(33)18-32(19-26-11-8-17-35-26)20-27-28(23-9-6-5-7-10-23)30-31(3)29(27)36-25-14-12-22(2)13-15-25/h4-15,17,24,33H,1,16,18-21H2,2-3H3. The Balaban J connectivity index is 1.67. The molecule has 1 unspecified atom stereocenters. The van der Waals surface area contributed by atoms with Gasteiger partial charge < -0.3 is 19.0 Å². The highest BCUT2D eigenvalue weighted by atomic mass is 16.5. The minimum atomic E-state index is -0.682. The second kappa shape index (κ2) is 12.4. The Kier molecular flexibility index (Phi) is 8.73. The van der Waals surface area contributed by atoms with Gasteiger partial charge in [-0.15, -0.1) is 6.58 Å². The lowest BCUT2D eigenvalue weighted by Gasteiger charge is -2.25. The summed E-state index contributed by atoms with van der Waals surface area (Å²) < 4.78 is 19.2. The van der Waals surface area contributed by atoms with E-state index in [0.717, 1.165) is 33.9 Å². The van der Waals surface area contributed by atoms with Crippen molar-refractivity contribution in [3.8, 4) is 22.9 Å². The summed E-state index contributed by atoms with van der Waals surface area (Å²) in [4.78, 5) is 2.12. The lowest BCUT2D eigenvalue weighted by molar-refractivity contribution is 0.0215. The van der Waals surface area contributed by atoms with Crippen LogP contribution >= 0.6 is 0 Å². The highest BCUT2D eigenvalue weighted by molar-refractivity contribution is 5.65. The van der Waals surface area contributed by atoms with E-state index in [2.05, 4.69) is 11.5 Å². The minimum absolute atomic E-state index is 0.214. The molecule has 7 heteroatoms. The van der Waals surface area contributed by atoms with Crippen LogP contribution in [0, 0.1) is 6.92 Å². The van der Waals surface area contributed by atoms with E-state index < -0.39 is 6.10 Å². The zero-order valence-electron chi connectivity index (χ0n) is 20.8. The average Bonchev–Trinajstić information content (AvgIpc) is 3.49. The molecule has 36 heavy (non-hydrogen) atoms. The van der Waals surface area contributed by atoms with Crippen LogP contribution in [-0.2, 0) is 24.9 Å². The van der Waals surface area contributed by atoms with Crippen molar-refractivity contribution in [3.63, 3.8) is 0 Å². The zero-order valence-corrected chi connectivity index (χ0v) is 20.8. The molecule has 0 amide bonds. The Hall–Kier alpha value is -3.65. The fourth-order valence-electron chi connectivity index (χ4n) is 4.04. The zero-order chi connectivity index (χ0) is 25.3. The van der Waals surface area contributed by atoms with Crippen LogP contribution in [0.1, 0.15) is 16.9 Å². The van der Waals surface area contributed by atoms with E-state index in [0.29, 0.717) is 32.1 Å². The predicted molar refractivity (Wildman–Crippen MR) is 140 cm³/mol. The Labute approximate surface area is 212 Å². The Bertz CT molecular complexity index is 1220. The average molecular weight is 488 g/mol. The van der Waals surface area contributed by atoms with Gasteiger partial charge in [0.2, 0.25) is 5.88 Å². The molecule has 7 nitrogen and oxygen atoms in total. The van der Waals surface area contributed by atoms with Crippen LogP contribution < -0.4 is 4.74 Å². The van der Waals surface area contributed by atoms with E-state index in [-0.39, 0.29) is 6.61 Å². The van der Waals surface area contributed by atoms with Crippen LogP contribution in [0.5, 0.6) is 11.6 Å². The smallest absolute Gasteiger partial charge is 0.222 e. The molecular formula is C29H33N3O4. The monoisotopic (exact) mass is 487 g/mol. The lowest BCUT2D eigenvalue weighted by Crippen LogP contribution is -2.34. The fourth-order valence-corrected chi connectivity index (χ4v) is 4.04. The number of furan rings is 1. The molecule has 1 N–H and O–H groups in total. The van der Waals surface area contributed by atoms with E-state index in [9.17, 15) is 5.11 Å². The molecule has 0 saturated heterocycles. The number of aliphatic hydroxyl groups excluding tert-OH is 1. The third-order valence-corrected chi connectivity index (χ3v) is 5.73. The molecule has 1 atom stereocenters. The first kappa shape index (κ1) is 25.4. The van der Waals surface area contributed by atoms with E-state index >= 15 is 0 Å². The van der Waals surface area contributed by atoms with Gasteiger partial charge in [-0.1, -0.05) is 54.1 Å². The number of aryl methyl sites for hydroxylation is 2. The fraction of sp³-hybridized carbons (Fsp3) is 0.276. The Morgan fingerprint density at radius 3 is 2.56 bits per heavy atom. The number of aliphatic hydroxyl groups is 1. The number of benzene rings is 2. The van der Waals surface area contributed by atoms with Crippen LogP contribution in [0.25, 0.3) is 11.3 Å². The summed E-state index contributed by atoms with van der Waals surface area (Å²) in [6, 6.07) is 21.8. The molecule has 0 aliphatic rings. The highest BCUT2D eigenvalue weighted by Crippen LogP contribution is 2.34. The first-order chi connectivity index (χ1) is 17.5. The molecule has 188 valence electrons. The number of rotatable bonds is 13. The van der Waals surface area contributed by atoms with Crippen molar-refractivity contribution in [3.05, 3.63) is 103 Å². The second-order valence-corrected chi connectivity index (χ2v) is 8.77. The van der Waals surface area contributed by atoms with E-state index in [1.54, 1.807) is 17.0 Å². The highest BCUT2D eigenvalue weighted by Gasteiger charge is 2.24. The van der Waals surface area contributed by atoms with Crippen molar-refractivity contribution in [2.45, 2.75) is 26.1 Å². The largest absolute Gasteiger partial charge is 0.468 e. The first-order valence-electron chi connectivity index (χ1n) is 12.0. The van der Waals surface area contributed by atoms with Crippen molar-refractivity contribution in [1.82, 2.24) is 14.7 Å². The molecule has 4 aromatic rings. The van der Waals surface area contributed by atoms with Crippen molar-refractivity contribution < 1.29 is 19.0 Å². The van der Waals surface area contributed by atoms with Gasteiger partial charge in [0.05, 0.1) is 37.7 Å². The molecule has 0 bridgehead atoms. The van der Waals surface area contributed by atoms with Crippen LogP contribution in [0.3, 0.4) is 0 Å². The molecule has 2 aromatic heterocycles. The summed E-state index contributed by atoms with van der Waals surface area (Å²) in [6.45, 7) is 7.69. The normalized spacial score (nSPS) is 12.1. The van der Waals surface area contributed by atoms with Crippen molar-refractivity contribution in [2.75, 3.05) is 19.8 Å². The molecule has 0 aliphatic carbocycles.